The number of esters is 1. The summed E-state index contributed by atoms with van der Waals surface area (Å²) in [6.45, 7) is 0.510. The summed E-state index contributed by atoms with van der Waals surface area (Å²) in [7, 11) is 0. The van der Waals surface area contributed by atoms with E-state index in [1.807, 2.05) is 24.3 Å². The van der Waals surface area contributed by atoms with Gasteiger partial charge in [0.1, 0.15) is 23.4 Å². The van der Waals surface area contributed by atoms with Crippen LogP contribution < -0.4 is 4.74 Å². The van der Waals surface area contributed by atoms with Gasteiger partial charge in [0.25, 0.3) is 0 Å². The molecule has 1 aliphatic heterocycles. The number of carbonyl (C=O) groups excluding carboxylic acids is 1. The molecule has 3 N–H and O–H groups in total. The number of aromatic hydroxyl groups is 2. The third kappa shape index (κ3) is 4.67. The highest BCUT2D eigenvalue weighted by Crippen LogP contribution is 2.50. The van der Waals surface area contributed by atoms with Gasteiger partial charge in [0.2, 0.25) is 0 Å². The number of phenols is 2. The fourth-order valence-electron chi connectivity index (χ4n) is 5.92. The zero-order valence-electron chi connectivity index (χ0n) is 18.8. The van der Waals surface area contributed by atoms with Crippen LogP contribution in [0.1, 0.15) is 61.3 Å². The molecule has 0 bridgehead atoms. The van der Waals surface area contributed by atoms with Crippen molar-refractivity contribution in [3.63, 3.8) is 0 Å². The molecule has 5 rings (SSSR count). The van der Waals surface area contributed by atoms with Gasteiger partial charge in [0.05, 0.1) is 18.6 Å². The summed E-state index contributed by atoms with van der Waals surface area (Å²) in [6, 6.07) is 10.9. The Morgan fingerprint density at radius 1 is 1.06 bits per heavy atom. The topological polar surface area (TPSA) is 96.2 Å². The van der Waals surface area contributed by atoms with E-state index >= 15 is 0 Å². The average molecular weight is 453 g/mol. The van der Waals surface area contributed by atoms with Gasteiger partial charge in [-0.3, -0.25) is 4.79 Å². The van der Waals surface area contributed by atoms with Crippen LogP contribution in [0, 0.1) is 17.8 Å². The smallest absolute Gasteiger partial charge is 0.309 e. The molecule has 176 valence electrons. The predicted octanol–water partition coefficient (Wildman–Crippen LogP) is 4.44. The van der Waals surface area contributed by atoms with E-state index in [-0.39, 0.29) is 41.5 Å². The van der Waals surface area contributed by atoms with Gasteiger partial charge in [0, 0.05) is 23.1 Å². The van der Waals surface area contributed by atoms with E-state index in [0.29, 0.717) is 31.1 Å². The maximum Gasteiger partial charge on any atom is 0.309 e. The average Bonchev–Trinajstić information content (AvgIpc) is 3.30. The van der Waals surface area contributed by atoms with Gasteiger partial charge in [-0.1, -0.05) is 12.1 Å². The minimum atomic E-state index is -0.314. The summed E-state index contributed by atoms with van der Waals surface area (Å²) in [4.78, 5) is 12.3. The van der Waals surface area contributed by atoms with Crippen molar-refractivity contribution in [2.45, 2.75) is 63.6 Å². The number of rotatable bonds is 5. The molecule has 6 nitrogen and oxygen atoms in total. The van der Waals surface area contributed by atoms with Crippen molar-refractivity contribution >= 4 is 5.97 Å². The molecule has 1 saturated carbocycles. The van der Waals surface area contributed by atoms with Crippen LogP contribution in [-0.4, -0.2) is 34.0 Å². The Morgan fingerprint density at radius 2 is 1.94 bits per heavy atom. The van der Waals surface area contributed by atoms with Gasteiger partial charge < -0.3 is 24.8 Å². The molecule has 2 aromatic rings. The number of aliphatic hydroxyl groups excluding tert-OH is 1. The van der Waals surface area contributed by atoms with Gasteiger partial charge in [0.15, 0.2) is 0 Å². The molecule has 1 saturated heterocycles. The molecule has 3 aliphatic rings. The van der Waals surface area contributed by atoms with Gasteiger partial charge in [-0.2, -0.15) is 0 Å². The summed E-state index contributed by atoms with van der Waals surface area (Å²) < 4.78 is 11.9. The van der Waals surface area contributed by atoms with E-state index < -0.39 is 0 Å². The zero-order chi connectivity index (χ0) is 22.9. The van der Waals surface area contributed by atoms with Gasteiger partial charge in [-0.15, -0.1) is 0 Å². The molecule has 5 unspecified atom stereocenters. The second-order valence-electron chi connectivity index (χ2n) is 9.88. The lowest BCUT2D eigenvalue weighted by Crippen LogP contribution is -2.22. The minimum Gasteiger partial charge on any atom is -0.508 e. The number of hydrogen-bond donors (Lipinski definition) is 3. The highest BCUT2D eigenvalue weighted by atomic mass is 16.5. The minimum absolute atomic E-state index is 0.0209. The first-order valence-electron chi connectivity index (χ1n) is 12.1. The van der Waals surface area contributed by atoms with E-state index in [1.54, 1.807) is 6.07 Å². The number of ether oxygens (including phenoxy) is 2. The second-order valence-corrected chi connectivity index (χ2v) is 9.88. The van der Waals surface area contributed by atoms with Gasteiger partial charge >= 0.3 is 5.97 Å². The van der Waals surface area contributed by atoms with Crippen LogP contribution in [0.15, 0.2) is 36.4 Å². The number of carbonyl (C=O) groups is 1. The summed E-state index contributed by atoms with van der Waals surface area (Å²) in [5.74, 6) is 0.991. The number of hydrogen-bond acceptors (Lipinski definition) is 6. The largest absolute Gasteiger partial charge is 0.508 e. The molecular weight excluding hydrogens is 420 g/mol. The van der Waals surface area contributed by atoms with Crippen LogP contribution in [0.4, 0.5) is 0 Å². The first-order valence-corrected chi connectivity index (χ1v) is 12.1. The van der Waals surface area contributed by atoms with Crippen LogP contribution in [-0.2, 0) is 22.4 Å². The monoisotopic (exact) mass is 452 g/mol. The van der Waals surface area contributed by atoms with Crippen molar-refractivity contribution in [2.24, 2.45) is 17.8 Å². The van der Waals surface area contributed by atoms with Crippen molar-refractivity contribution < 1.29 is 29.6 Å². The summed E-state index contributed by atoms with van der Waals surface area (Å²) in [6.07, 6.45) is 5.88. The highest BCUT2D eigenvalue weighted by molar-refractivity contribution is 5.73. The fourth-order valence-corrected chi connectivity index (χ4v) is 5.92. The Kier molecular flexibility index (Phi) is 6.19. The van der Waals surface area contributed by atoms with Crippen molar-refractivity contribution in [1.82, 2.24) is 0 Å². The number of cyclic esters (lactones) is 1. The number of phenolic OH excluding ortho intramolecular Hbond substituents is 2. The van der Waals surface area contributed by atoms with Crippen molar-refractivity contribution in [3.05, 3.63) is 53.1 Å². The molecule has 2 aliphatic carbocycles. The molecule has 0 amide bonds. The van der Waals surface area contributed by atoms with Crippen LogP contribution in [0.5, 0.6) is 17.2 Å². The van der Waals surface area contributed by atoms with Crippen LogP contribution >= 0.6 is 0 Å². The van der Waals surface area contributed by atoms with Crippen LogP contribution in [0.25, 0.3) is 0 Å². The quantitative estimate of drug-likeness (QED) is 0.581. The van der Waals surface area contributed by atoms with E-state index in [1.165, 1.54) is 6.07 Å². The fraction of sp³-hybridized carbons (Fsp3) is 0.519. The standard InChI is InChI=1S/C27H32O6/c28-19-8-7-17(12-19)22-15-23-24(13-20(29)14-25(23)30)26(22)33-21-6-3-4-16(11-21)10-18-5-1-2-9-32-27(18)31/h3-4,6,11,13-14,17-19,22,26,28-30H,1-2,5,7-10,12,15H2. The molecule has 6 heteroatoms. The van der Waals surface area contributed by atoms with Crippen LogP contribution in [0.2, 0.25) is 0 Å². The lowest BCUT2D eigenvalue weighted by atomic mass is 9.86. The summed E-state index contributed by atoms with van der Waals surface area (Å²) in [5.41, 5.74) is 2.67. The maximum absolute atomic E-state index is 12.3. The Hall–Kier alpha value is -2.73. The summed E-state index contributed by atoms with van der Waals surface area (Å²) >= 11 is 0. The van der Waals surface area contributed by atoms with Crippen LogP contribution in [0.3, 0.4) is 0 Å². The zero-order valence-corrected chi connectivity index (χ0v) is 18.8. The lowest BCUT2D eigenvalue weighted by molar-refractivity contribution is -0.147. The highest BCUT2D eigenvalue weighted by Gasteiger charge is 2.43. The van der Waals surface area contributed by atoms with Crippen molar-refractivity contribution in [3.8, 4) is 17.2 Å². The first-order chi connectivity index (χ1) is 16.0. The molecule has 1 heterocycles. The predicted molar refractivity (Wildman–Crippen MR) is 122 cm³/mol. The van der Waals surface area contributed by atoms with E-state index in [2.05, 4.69) is 0 Å². The molecule has 0 radical (unpaired) electrons. The third-order valence-electron chi connectivity index (χ3n) is 7.60. The van der Waals surface area contributed by atoms with E-state index in [0.717, 1.165) is 55.2 Å². The Bertz CT molecular complexity index is 1020. The molecule has 0 spiro atoms. The Balaban J connectivity index is 1.39. The number of fused-ring (bicyclic) bond motifs is 1. The second kappa shape index (κ2) is 9.26. The SMILES string of the molecule is O=C1OCCCCC1Cc1cccc(OC2c3cc(O)cc(O)c3CC2C2CCC(O)C2)c1. The Morgan fingerprint density at radius 3 is 2.76 bits per heavy atom. The lowest BCUT2D eigenvalue weighted by Gasteiger charge is -2.27. The summed E-state index contributed by atoms with van der Waals surface area (Å²) in [5, 5.41) is 30.7. The Labute approximate surface area is 194 Å². The molecule has 33 heavy (non-hydrogen) atoms. The van der Waals surface area contributed by atoms with Crippen molar-refractivity contribution in [1.29, 1.82) is 0 Å². The number of aliphatic hydroxyl groups is 1. The third-order valence-corrected chi connectivity index (χ3v) is 7.60. The molecule has 2 aromatic carbocycles. The molecule has 0 aromatic heterocycles. The normalized spacial score (nSPS) is 29.4. The van der Waals surface area contributed by atoms with E-state index in [9.17, 15) is 20.1 Å². The molecule has 5 atom stereocenters. The van der Waals surface area contributed by atoms with Gasteiger partial charge in [-0.25, -0.2) is 0 Å². The maximum atomic E-state index is 12.3. The van der Waals surface area contributed by atoms with Gasteiger partial charge in [-0.05, 0) is 81.0 Å². The molecule has 2 fully saturated rings. The van der Waals surface area contributed by atoms with E-state index in [4.69, 9.17) is 9.47 Å². The first kappa shape index (κ1) is 22.1. The molecular formula is C27H32O6. The number of benzene rings is 2. The van der Waals surface area contributed by atoms with Crippen molar-refractivity contribution in [2.75, 3.05) is 6.61 Å².